The van der Waals surface area contributed by atoms with Gasteiger partial charge in [-0.15, -0.1) is 0 Å². The zero-order valence-electron chi connectivity index (χ0n) is 12.2. The Morgan fingerprint density at radius 2 is 2.09 bits per heavy atom. The van der Waals surface area contributed by atoms with Crippen molar-refractivity contribution in [2.75, 3.05) is 6.61 Å². The minimum atomic E-state index is -0.816. The first-order valence-corrected chi connectivity index (χ1v) is 7.38. The maximum atomic E-state index is 14.2. The molecule has 23 heavy (non-hydrogen) atoms. The molecule has 1 aromatic heterocycles. The van der Waals surface area contributed by atoms with Crippen LogP contribution in [0.4, 0.5) is 8.78 Å². The van der Waals surface area contributed by atoms with E-state index in [1.165, 1.54) is 6.20 Å². The summed E-state index contributed by atoms with van der Waals surface area (Å²) in [7, 11) is 0. The lowest BCUT2D eigenvalue weighted by Crippen LogP contribution is -2.05. The normalized spacial score (nSPS) is 19.3. The van der Waals surface area contributed by atoms with Crippen LogP contribution in [-0.2, 0) is 0 Å². The van der Waals surface area contributed by atoms with Crippen molar-refractivity contribution >= 4 is 11.6 Å². The highest BCUT2D eigenvalue weighted by Gasteiger charge is 2.38. The molecule has 2 atom stereocenters. The van der Waals surface area contributed by atoms with Gasteiger partial charge in [0.05, 0.1) is 24.3 Å². The molecule has 1 aromatic carbocycles. The smallest absolute Gasteiger partial charge is 0.222 e. The van der Waals surface area contributed by atoms with Crippen molar-refractivity contribution in [2.45, 2.75) is 13.3 Å². The fourth-order valence-electron chi connectivity index (χ4n) is 2.33. The lowest BCUT2D eigenvalue weighted by Gasteiger charge is -2.11. The van der Waals surface area contributed by atoms with Crippen LogP contribution in [0, 0.1) is 41.7 Å². The van der Waals surface area contributed by atoms with Crippen LogP contribution in [0.1, 0.15) is 12.0 Å². The fourth-order valence-corrected chi connectivity index (χ4v) is 2.46. The molecule has 0 amide bonds. The van der Waals surface area contributed by atoms with E-state index in [1.54, 1.807) is 6.92 Å². The zero-order valence-corrected chi connectivity index (χ0v) is 12.9. The number of nitrogens with zero attached hydrogens (tertiary/aromatic N) is 3. The van der Waals surface area contributed by atoms with Gasteiger partial charge in [0.1, 0.15) is 0 Å². The van der Waals surface area contributed by atoms with Crippen LogP contribution in [0.2, 0.25) is 5.28 Å². The summed E-state index contributed by atoms with van der Waals surface area (Å²) in [5.74, 6) is -2.10. The molecule has 0 aliphatic heterocycles. The predicted octanol–water partition coefficient (Wildman–Crippen LogP) is 3.92. The van der Waals surface area contributed by atoms with E-state index < -0.39 is 17.4 Å². The summed E-state index contributed by atoms with van der Waals surface area (Å²) in [5.41, 5.74) is 1.27. The summed E-state index contributed by atoms with van der Waals surface area (Å²) in [4.78, 5) is 7.82. The number of aromatic nitrogens is 2. The van der Waals surface area contributed by atoms with Gasteiger partial charge in [-0.05, 0) is 42.6 Å². The lowest BCUT2D eigenvalue weighted by molar-refractivity contribution is 0.267. The van der Waals surface area contributed by atoms with Gasteiger partial charge in [-0.1, -0.05) is 0 Å². The quantitative estimate of drug-likeness (QED) is 0.794. The molecule has 4 nitrogen and oxygen atoms in total. The molecule has 0 radical (unpaired) electrons. The second kappa shape index (κ2) is 6.09. The molecule has 1 fully saturated rings. The van der Waals surface area contributed by atoms with Crippen LogP contribution in [0.25, 0.3) is 11.3 Å². The van der Waals surface area contributed by atoms with Crippen molar-refractivity contribution in [1.29, 1.82) is 5.26 Å². The Hall–Kier alpha value is -2.26. The van der Waals surface area contributed by atoms with Crippen LogP contribution < -0.4 is 4.74 Å². The molecule has 1 aliphatic carbocycles. The summed E-state index contributed by atoms with van der Waals surface area (Å²) in [6.07, 6.45) is 2.19. The van der Waals surface area contributed by atoms with Crippen LogP contribution >= 0.6 is 11.6 Å². The third-order valence-corrected chi connectivity index (χ3v) is 3.93. The van der Waals surface area contributed by atoms with Gasteiger partial charge in [-0.2, -0.15) is 5.26 Å². The van der Waals surface area contributed by atoms with Gasteiger partial charge in [0.15, 0.2) is 17.4 Å². The van der Waals surface area contributed by atoms with Crippen LogP contribution in [0.3, 0.4) is 0 Å². The average molecular weight is 336 g/mol. The standard InChI is InChI=1S/C16H12ClF2N3O/c1-8-6-21-16(17)22-14(8)9-3-12(18)15(13(19)4-9)23-7-11-2-10(11)5-20/h3-4,6,10-11H,2,7H2,1H3. The van der Waals surface area contributed by atoms with Gasteiger partial charge in [-0.25, -0.2) is 18.7 Å². The average Bonchev–Trinajstić information content (AvgIpc) is 3.27. The molecule has 2 aromatic rings. The Balaban J connectivity index is 1.85. The van der Waals surface area contributed by atoms with Crippen LogP contribution in [0.15, 0.2) is 18.3 Å². The molecule has 0 N–H and O–H groups in total. The second-order valence-corrected chi connectivity index (χ2v) is 5.82. The number of hydrogen-bond acceptors (Lipinski definition) is 4. The molecule has 1 heterocycles. The molecule has 1 aliphatic rings. The Kier molecular flexibility index (Phi) is 4.14. The third-order valence-electron chi connectivity index (χ3n) is 3.74. The van der Waals surface area contributed by atoms with E-state index in [0.717, 1.165) is 12.1 Å². The van der Waals surface area contributed by atoms with E-state index in [9.17, 15) is 8.78 Å². The van der Waals surface area contributed by atoms with Crippen LogP contribution in [-0.4, -0.2) is 16.6 Å². The largest absolute Gasteiger partial charge is 0.487 e. The van der Waals surface area contributed by atoms with Gasteiger partial charge in [0, 0.05) is 17.7 Å². The number of halogens is 3. The van der Waals surface area contributed by atoms with E-state index in [-0.39, 0.29) is 29.3 Å². The van der Waals surface area contributed by atoms with Crippen molar-refractivity contribution in [3.63, 3.8) is 0 Å². The highest BCUT2D eigenvalue weighted by molar-refractivity contribution is 6.28. The number of hydrogen-bond donors (Lipinski definition) is 0. The molecule has 0 bridgehead atoms. The fraction of sp³-hybridized carbons (Fsp3) is 0.312. The van der Waals surface area contributed by atoms with Crippen molar-refractivity contribution in [2.24, 2.45) is 11.8 Å². The van der Waals surface area contributed by atoms with Crippen molar-refractivity contribution in [1.82, 2.24) is 9.97 Å². The second-order valence-electron chi connectivity index (χ2n) is 5.48. The lowest BCUT2D eigenvalue weighted by atomic mass is 10.1. The molecule has 1 saturated carbocycles. The van der Waals surface area contributed by atoms with Gasteiger partial charge in [-0.3, -0.25) is 0 Å². The molecule has 2 unspecified atom stereocenters. The maximum Gasteiger partial charge on any atom is 0.222 e. The third kappa shape index (κ3) is 3.25. The van der Waals surface area contributed by atoms with E-state index >= 15 is 0 Å². The maximum absolute atomic E-state index is 14.2. The number of benzene rings is 1. The monoisotopic (exact) mass is 335 g/mol. The highest BCUT2D eigenvalue weighted by Crippen LogP contribution is 2.38. The van der Waals surface area contributed by atoms with E-state index in [4.69, 9.17) is 21.6 Å². The number of ether oxygens (including phenoxy) is 1. The summed E-state index contributed by atoms with van der Waals surface area (Å²) in [6, 6.07) is 4.41. The highest BCUT2D eigenvalue weighted by atomic mass is 35.5. The SMILES string of the molecule is Cc1cnc(Cl)nc1-c1cc(F)c(OCC2CC2C#N)c(F)c1. The molecular weight excluding hydrogens is 324 g/mol. The molecule has 0 saturated heterocycles. The van der Waals surface area contributed by atoms with Crippen molar-refractivity contribution in [3.05, 3.63) is 40.8 Å². The number of aryl methyl sites for hydroxylation is 1. The van der Waals surface area contributed by atoms with E-state index in [1.807, 2.05) is 0 Å². The minimum absolute atomic E-state index is 0.00280. The van der Waals surface area contributed by atoms with Gasteiger partial charge in [0.25, 0.3) is 0 Å². The Morgan fingerprint density at radius 1 is 1.39 bits per heavy atom. The van der Waals surface area contributed by atoms with E-state index in [0.29, 0.717) is 17.7 Å². The summed E-state index contributed by atoms with van der Waals surface area (Å²) < 4.78 is 33.6. The van der Waals surface area contributed by atoms with E-state index in [2.05, 4.69) is 16.0 Å². The Bertz CT molecular complexity index is 783. The summed E-state index contributed by atoms with van der Waals surface area (Å²) >= 11 is 5.74. The first-order chi connectivity index (χ1) is 11.0. The molecule has 118 valence electrons. The summed E-state index contributed by atoms with van der Waals surface area (Å²) in [6.45, 7) is 1.85. The van der Waals surface area contributed by atoms with Crippen LogP contribution in [0.5, 0.6) is 5.75 Å². The molecule has 3 rings (SSSR count). The molecule has 0 spiro atoms. The predicted molar refractivity (Wildman–Crippen MR) is 79.8 cm³/mol. The van der Waals surface area contributed by atoms with Crippen molar-refractivity contribution < 1.29 is 13.5 Å². The first-order valence-electron chi connectivity index (χ1n) is 7.00. The summed E-state index contributed by atoms with van der Waals surface area (Å²) in [5, 5.41) is 8.72. The minimum Gasteiger partial charge on any atom is -0.487 e. The number of nitriles is 1. The zero-order chi connectivity index (χ0) is 16.6. The number of rotatable bonds is 4. The van der Waals surface area contributed by atoms with Gasteiger partial charge >= 0.3 is 0 Å². The first kappa shape index (κ1) is 15.6. The Morgan fingerprint density at radius 3 is 2.70 bits per heavy atom. The molecular formula is C16H12ClF2N3O. The molecule has 7 heteroatoms. The topological polar surface area (TPSA) is 58.8 Å². The van der Waals surface area contributed by atoms with Gasteiger partial charge < -0.3 is 4.74 Å². The van der Waals surface area contributed by atoms with Crippen molar-refractivity contribution in [3.8, 4) is 23.1 Å². The van der Waals surface area contributed by atoms with Gasteiger partial charge in [0.2, 0.25) is 5.28 Å². The Labute approximate surface area is 136 Å².